The minimum Gasteiger partial charge on any atom is -0.398 e. The molecule has 8 heteroatoms. The van der Waals surface area contributed by atoms with Crippen molar-refractivity contribution in [1.82, 2.24) is 4.31 Å². The van der Waals surface area contributed by atoms with E-state index in [0.717, 1.165) is 10.4 Å². The van der Waals surface area contributed by atoms with Gasteiger partial charge in [0.25, 0.3) is 0 Å². The monoisotopic (exact) mass is 306 g/mol. The smallest absolute Gasteiger partial charge is 0.243 e. The maximum absolute atomic E-state index is 13.6. The Hall–Kier alpha value is -1.22. The van der Waals surface area contributed by atoms with Gasteiger partial charge < -0.3 is 15.6 Å². The number of aliphatic hydroxyl groups excluding tert-OH is 1. The average Bonchev–Trinajstić information content (AvgIpc) is 2.35. The number of rotatable bonds is 6. The number of aliphatic hydroxyl groups is 1. The molecular formula is C12H19FN2O4S. The normalized spacial score (nSPS) is 13.7. The van der Waals surface area contributed by atoms with Gasteiger partial charge in [-0.3, -0.25) is 0 Å². The van der Waals surface area contributed by atoms with E-state index in [0.29, 0.717) is 0 Å². The standard InChI is InChI=1S/C12H19FN2O4S/c1-8-11(13)4-10(5-12(8)14)20(17,18)15(2)6-9(16)7-19-3/h4-5,9,16H,6-7,14H2,1-3H3. The first kappa shape index (κ1) is 16.8. The number of halogens is 1. The zero-order valence-corrected chi connectivity index (χ0v) is 12.4. The van der Waals surface area contributed by atoms with E-state index in [4.69, 9.17) is 10.5 Å². The molecule has 0 amide bonds. The highest BCUT2D eigenvalue weighted by Crippen LogP contribution is 2.23. The quantitative estimate of drug-likeness (QED) is 0.740. The van der Waals surface area contributed by atoms with Crippen LogP contribution in [0, 0.1) is 12.7 Å². The Balaban J connectivity index is 3.04. The molecule has 0 aliphatic heterocycles. The van der Waals surface area contributed by atoms with Crippen LogP contribution in [0.5, 0.6) is 0 Å². The van der Waals surface area contributed by atoms with Crippen molar-refractivity contribution in [3.63, 3.8) is 0 Å². The van der Waals surface area contributed by atoms with E-state index in [1.165, 1.54) is 27.1 Å². The van der Waals surface area contributed by atoms with Crippen molar-refractivity contribution in [1.29, 1.82) is 0 Å². The number of anilines is 1. The number of hydrogen-bond acceptors (Lipinski definition) is 5. The summed E-state index contributed by atoms with van der Waals surface area (Å²) in [7, 11) is -1.23. The Kier molecular flexibility index (Phi) is 5.46. The van der Waals surface area contributed by atoms with Gasteiger partial charge >= 0.3 is 0 Å². The largest absolute Gasteiger partial charge is 0.398 e. The lowest BCUT2D eigenvalue weighted by Crippen LogP contribution is -2.36. The van der Waals surface area contributed by atoms with E-state index in [2.05, 4.69) is 0 Å². The first-order valence-electron chi connectivity index (χ1n) is 5.89. The van der Waals surface area contributed by atoms with Crippen LogP contribution in [-0.2, 0) is 14.8 Å². The van der Waals surface area contributed by atoms with Crippen molar-refractivity contribution in [2.24, 2.45) is 0 Å². The summed E-state index contributed by atoms with van der Waals surface area (Å²) in [6.45, 7) is 1.31. The van der Waals surface area contributed by atoms with Crippen LogP contribution in [0.4, 0.5) is 10.1 Å². The molecule has 0 saturated heterocycles. The summed E-state index contributed by atoms with van der Waals surface area (Å²) in [6.07, 6.45) is -0.965. The number of nitrogens with two attached hydrogens (primary N) is 1. The number of hydrogen-bond donors (Lipinski definition) is 2. The van der Waals surface area contributed by atoms with E-state index in [1.807, 2.05) is 0 Å². The maximum Gasteiger partial charge on any atom is 0.243 e. The summed E-state index contributed by atoms with van der Waals surface area (Å²) in [5, 5.41) is 9.55. The second kappa shape index (κ2) is 6.49. The van der Waals surface area contributed by atoms with Crippen molar-refractivity contribution < 1.29 is 22.7 Å². The van der Waals surface area contributed by atoms with Gasteiger partial charge in [0.15, 0.2) is 0 Å². The lowest BCUT2D eigenvalue weighted by atomic mass is 10.2. The molecular weight excluding hydrogens is 287 g/mol. The first-order chi connectivity index (χ1) is 9.20. The molecule has 1 atom stereocenters. The van der Waals surface area contributed by atoms with Crippen LogP contribution in [0.2, 0.25) is 0 Å². The molecule has 1 unspecified atom stereocenters. The van der Waals surface area contributed by atoms with E-state index in [9.17, 15) is 17.9 Å². The number of nitrogen functional groups attached to an aromatic ring is 1. The topological polar surface area (TPSA) is 92.9 Å². The van der Waals surface area contributed by atoms with Crippen LogP contribution in [0.3, 0.4) is 0 Å². The van der Waals surface area contributed by atoms with Gasteiger partial charge in [-0.2, -0.15) is 4.31 Å². The molecule has 0 heterocycles. The number of methoxy groups -OCH3 is 1. The molecule has 3 N–H and O–H groups in total. The van der Waals surface area contributed by atoms with Gasteiger partial charge in [-0.15, -0.1) is 0 Å². The zero-order chi connectivity index (χ0) is 15.5. The Morgan fingerprint density at radius 2 is 2.10 bits per heavy atom. The predicted molar refractivity (Wildman–Crippen MR) is 73.2 cm³/mol. The van der Waals surface area contributed by atoms with Crippen molar-refractivity contribution in [2.75, 3.05) is 33.0 Å². The molecule has 6 nitrogen and oxygen atoms in total. The van der Waals surface area contributed by atoms with E-state index in [-0.39, 0.29) is 29.3 Å². The minimum atomic E-state index is -3.92. The third-order valence-corrected chi connectivity index (χ3v) is 4.69. The van der Waals surface area contributed by atoms with E-state index < -0.39 is 21.9 Å². The fourth-order valence-electron chi connectivity index (χ4n) is 1.64. The predicted octanol–water partition coefficient (Wildman–Crippen LogP) is 0.344. The number of likely N-dealkylation sites (N-methyl/N-ethyl adjacent to an activating group) is 1. The molecule has 0 fully saturated rings. The van der Waals surface area contributed by atoms with Crippen LogP contribution >= 0.6 is 0 Å². The number of sulfonamides is 1. The molecule has 1 aromatic rings. The Morgan fingerprint density at radius 3 is 2.60 bits per heavy atom. The maximum atomic E-state index is 13.6. The Morgan fingerprint density at radius 1 is 1.50 bits per heavy atom. The lowest BCUT2D eigenvalue weighted by molar-refractivity contribution is 0.0554. The van der Waals surface area contributed by atoms with Crippen LogP contribution in [0.1, 0.15) is 5.56 Å². The van der Waals surface area contributed by atoms with Crippen molar-refractivity contribution in [2.45, 2.75) is 17.9 Å². The van der Waals surface area contributed by atoms with Gasteiger partial charge in [0, 0.05) is 32.0 Å². The Labute approximate surface area is 118 Å². The van der Waals surface area contributed by atoms with Crippen LogP contribution in [-0.4, -0.2) is 51.2 Å². The molecule has 0 aromatic heterocycles. The lowest BCUT2D eigenvalue weighted by Gasteiger charge is -2.20. The van der Waals surface area contributed by atoms with Crippen LogP contribution in [0.25, 0.3) is 0 Å². The zero-order valence-electron chi connectivity index (χ0n) is 11.6. The van der Waals surface area contributed by atoms with Gasteiger partial charge in [-0.25, -0.2) is 12.8 Å². The molecule has 114 valence electrons. The summed E-state index contributed by atoms with van der Waals surface area (Å²) >= 11 is 0. The highest BCUT2D eigenvalue weighted by Gasteiger charge is 2.24. The van der Waals surface area contributed by atoms with Crippen molar-refractivity contribution in [3.05, 3.63) is 23.5 Å². The highest BCUT2D eigenvalue weighted by molar-refractivity contribution is 7.89. The summed E-state index contributed by atoms with van der Waals surface area (Å²) < 4.78 is 43.7. The molecule has 1 rings (SSSR count). The van der Waals surface area contributed by atoms with Crippen molar-refractivity contribution in [3.8, 4) is 0 Å². The third kappa shape index (κ3) is 3.66. The second-order valence-corrected chi connectivity index (χ2v) is 6.56. The molecule has 0 aliphatic rings. The summed E-state index contributed by atoms with van der Waals surface area (Å²) in [4.78, 5) is -0.245. The van der Waals surface area contributed by atoms with Crippen LogP contribution in [0.15, 0.2) is 17.0 Å². The van der Waals surface area contributed by atoms with E-state index >= 15 is 0 Å². The molecule has 0 saturated carbocycles. The van der Waals surface area contributed by atoms with Crippen molar-refractivity contribution >= 4 is 15.7 Å². The fraction of sp³-hybridized carbons (Fsp3) is 0.500. The summed E-state index contributed by atoms with van der Waals surface area (Å²) in [6, 6.07) is 2.12. The fourth-order valence-corrected chi connectivity index (χ4v) is 2.90. The molecule has 0 spiro atoms. The number of nitrogens with zero attached hydrogens (tertiary/aromatic N) is 1. The number of benzene rings is 1. The van der Waals surface area contributed by atoms with Crippen LogP contribution < -0.4 is 5.73 Å². The molecule has 0 bridgehead atoms. The minimum absolute atomic E-state index is 0.00422. The SMILES string of the molecule is COCC(O)CN(C)S(=O)(=O)c1cc(N)c(C)c(F)c1. The molecule has 0 aliphatic carbocycles. The van der Waals surface area contributed by atoms with Gasteiger partial charge in [0.2, 0.25) is 10.0 Å². The molecule has 0 radical (unpaired) electrons. The van der Waals surface area contributed by atoms with Gasteiger partial charge in [-0.1, -0.05) is 0 Å². The average molecular weight is 306 g/mol. The van der Waals surface area contributed by atoms with Gasteiger partial charge in [0.05, 0.1) is 17.6 Å². The third-order valence-electron chi connectivity index (χ3n) is 2.89. The second-order valence-electron chi connectivity index (χ2n) is 4.51. The van der Waals surface area contributed by atoms with Gasteiger partial charge in [-0.05, 0) is 19.1 Å². The summed E-state index contributed by atoms with van der Waals surface area (Å²) in [5.41, 5.74) is 5.84. The van der Waals surface area contributed by atoms with Gasteiger partial charge in [0.1, 0.15) is 5.82 Å². The molecule has 20 heavy (non-hydrogen) atoms. The highest BCUT2D eigenvalue weighted by atomic mass is 32.2. The van der Waals surface area contributed by atoms with E-state index in [1.54, 1.807) is 0 Å². The first-order valence-corrected chi connectivity index (χ1v) is 7.33. The number of ether oxygens (including phenoxy) is 1. The Bertz CT molecular complexity index is 554. The molecule has 1 aromatic carbocycles. The summed E-state index contributed by atoms with van der Waals surface area (Å²) in [5.74, 6) is -0.686.